The van der Waals surface area contributed by atoms with E-state index in [1.807, 2.05) is 18.2 Å². The second kappa shape index (κ2) is 4.86. The number of rotatable bonds is 2. The van der Waals surface area contributed by atoms with Gasteiger partial charge in [0, 0.05) is 9.50 Å². The standard InChI is InChI=1S/C12H14BrClO/c13-9-5-6-10(11(14)7-9)12(15)8-3-1-2-4-8/h5-8,12,15H,1-4H2. The van der Waals surface area contributed by atoms with Crippen LogP contribution in [0, 0.1) is 5.92 Å². The lowest BCUT2D eigenvalue weighted by Gasteiger charge is -2.19. The van der Waals surface area contributed by atoms with Crippen LogP contribution in [-0.4, -0.2) is 5.11 Å². The van der Waals surface area contributed by atoms with E-state index in [0.29, 0.717) is 10.9 Å². The van der Waals surface area contributed by atoms with Gasteiger partial charge >= 0.3 is 0 Å². The van der Waals surface area contributed by atoms with Gasteiger partial charge in [-0.2, -0.15) is 0 Å². The first-order valence-electron chi connectivity index (χ1n) is 5.31. The molecule has 0 aromatic heterocycles. The third-order valence-corrected chi connectivity index (χ3v) is 3.95. The van der Waals surface area contributed by atoms with Crippen LogP contribution < -0.4 is 0 Å². The van der Waals surface area contributed by atoms with Crippen molar-refractivity contribution in [2.45, 2.75) is 31.8 Å². The number of aliphatic hydroxyl groups is 1. The van der Waals surface area contributed by atoms with Crippen molar-refractivity contribution in [1.29, 1.82) is 0 Å². The molecule has 2 rings (SSSR count). The van der Waals surface area contributed by atoms with Crippen LogP contribution in [0.25, 0.3) is 0 Å². The van der Waals surface area contributed by atoms with Crippen LogP contribution in [0.5, 0.6) is 0 Å². The fourth-order valence-electron chi connectivity index (χ4n) is 2.27. The van der Waals surface area contributed by atoms with Crippen LogP contribution in [0.3, 0.4) is 0 Å². The van der Waals surface area contributed by atoms with Gasteiger partial charge in [0.1, 0.15) is 0 Å². The molecule has 1 saturated carbocycles. The van der Waals surface area contributed by atoms with E-state index in [4.69, 9.17) is 11.6 Å². The fourth-order valence-corrected chi connectivity index (χ4v) is 3.05. The Labute approximate surface area is 104 Å². The van der Waals surface area contributed by atoms with Crippen LogP contribution in [0.1, 0.15) is 37.4 Å². The van der Waals surface area contributed by atoms with Crippen molar-refractivity contribution in [1.82, 2.24) is 0 Å². The molecule has 1 aliphatic rings. The van der Waals surface area contributed by atoms with Crippen molar-refractivity contribution in [3.63, 3.8) is 0 Å². The zero-order valence-electron chi connectivity index (χ0n) is 8.42. The van der Waals surface area contributed by atoms with E-state index in [9.17, 15) is 5.11 Å². The molecule has 0 radical (unpaired) electrons. The molecule has 15 heavy (non-hydrogen) atoms. The summed E-state index contributed by atoms with van der Waals surface area (Å²) < 4.78 is 0.954. The maximum absolute atomic E-state index is 10.2. The molecule has 0 aliphatic heterocycles. The normalized spacial score (nSPS) is 19.4. The molecule has 0 bridgehead atoms. The highest BCUT2D eigenvalue weighted by Crippen LogP contribution is 2.38. The van der Waals surface area contributed by atoms with E-state index in [2.05, 4.69) is 15.9 Å². The summed E-state index contributed by atoms with van der Waals surface area (Å²) in [6.45, 7) is 0. The molecule has 1 nitrogen and oxygen atoms in total. The number of aliphatic hydroxyl groups excluding tert-OH is 1. The van der Waals surface area contributed by atoms with Crippen molar-refractivity contribution >= 4 is 27.5 Å². The molecular weight excluding hydrogens is 275 g/mol. The van der Waals surface area contributed by atoms with Crippen molar-refractivity contribution in [3.8, 4) is 0 Å². The van der Waals surface area contributed by atoms with Crippen LogP contribution in [-0.2, 0) is 0 Å². The number of hydrogen-bond donors (Lipinski definition) is 1. The first-order valence-corrected chi connectivity index (χ1v) is 6.48. The molecular formula is C12H14BrClO. The van der Waals surface area contributed by atoms with Crippen LogP contribution in [0.15, 0.2) is 22.7 Å². The third-order valence-electron chi connectivity index (χ3n) is 3.13. The number of benzene rings is 1. The van der Waals surface area contributed by atoms with Crippen molar-refractivity contribution in [3.05, 3.63) is 33.3 Å². The smallest absolute Gasteiger partial charge is 0.0832 e. The summed E-state index contributed by atoms with van der Waals surface area (Å²) in [7, 11) is 0. The van der Waals surface area contributed by atoms with Gasteiger partial charge in [-0.15, -0.1) is 0 Å². The Kier molecular flexibility index (Phi) is 3.70. The molecule has 1 aromatic rings. The van der Waals surface area contributed by atoms with Gasteiger partial charge in [-0.25, -0.2) is 0 Å². The zero-order chi connectivity index (χ0) is 10.8. The van der Waals surface area contributed by atoms with Gasteiger partial charge in [0.25, 0.3) is 0 Å². The average molecular weight is 290 g/mol. The highest BCUT2D eigenvalue weighted by Gasteiger charge is 2.25. The van der Waals surface area contributed by atoms with Gasteiger partial charge in [-0.3, -0.25) is 0 Å². The summed E-state index contributed by atoms with van der Waals surface area (Å²) in [5.74, 6) is 0.392. The Morgan fingerprint density at radius 3 is 2.60 bits per heavy atom. The van der Waals surface area contributed by atoms with E-state index < -0.39 is 6.10 Å². The largest absolute Gasteiger partial charge is 0.388 e. The van der Waals surface area contributed by atoms with Crippen LogP contribution in [0.2, 0.25) is 5.02 Å². The van der Waals surface area contributed by atoms with Crippen molar-refractivity contribution < 1.29 is 5.11 Å². The minimum Gasteiger partial charge on any atom is -0.388 e. The van der Waals surface area contributed by atoms with E-state index in [-0.39, 0.29) is 0 Å². The molecule has 1 aliphatic carbocycles. The summed E-state index contributed by atoms with van der Waals surface area (Å²) in [6.07, 6.45) is 4.31. The summed E-state index contributed by atoms with van der Waals surface area (Å²) in [5, 5.41) is 10.8. The van der Waals surface area contributed by atoms with E-state index >= 15 is 0 Å². The summed E-state index contributed by atoms with van der Waals surface area (Å²) in [5.41, 5.74) is 0.867. The lowest BCUT2D eigenvalue weighted by atomic mass is 9.94. The molecule has 1 unspecified atom stereocenters. The molecule has 82 valence electrons. The fraction of sp³-hybridized carbons (Fsp3) is 0.500. The number of halogens is 2. The Hall–Kier alpha value is -0.0500. The molecule has 0 amide bonds. The molecule has 1 fully saturated rings. The Balaban J connectivity index is 2.20. The predicted molar refractivity (Wildman–Crippen MR) is 66.1 cm³/mol. The van der Waals surface area contributed by atoms with Crippen molar-refractivity contribution in [2.24, 2.45) is 5.92 Å². The zero-order valence-corrected chi connectivity index (χ0v) is 10.8. The van der Waals surface area contributed by atoms with Crippen molar-refractivity contribution in [2.75, 3.05) is 0 Å². The number of hydrogen-bond acceptors (Lipinski definition) is 1. The molecule has 3 heteroatoms. The maximum atomic E-state index is 10.2. The quantitative estimate of drug-likeness (QED) is 0.859. The first kappa shape index (κ1) is 11.4. The molecule has 1 N–H and O–H groups in total. The Bertz CT molecular complexity index is 347. The second-order valence-electron chi connectivity index (χ2n) is 4.16. The summed E-state index contributed by atoms with van der Waals surface area (Å²) in [4.78, 5) is 0. The van der Waals surface area contributed by atoms with Gasteiger partial charge in [0.05, 0.1) is 6.10 Å². The average Bonchev–Trinajstić information content (AvgIpc) is 2.69. The van der Waals surface area contributed by atoms with Gasteiger partial charge in [0.2, 0.25) is 0 Å². The second-order valence-corrected chi connectivity index (χ2v) is 5.48. The highest BCUT2D eigenvalue weighted by molar-refractivity contribution is 9.10. The van der Waals surface area contributed by atoms with Crippen LogP contribution >= 0.6 is 27.5 Å². The van der Waals surface area contributed by atoms with E-state index in [0.717, 1.165) is 22.9 Å². The minimum absolute atomic E-state index is 0.392. The lowest BCUT2D eigenvalue weighted by Crippen LogP contribution is -2.09. The van der Waals surface area contributed by atoms with Gasteiger partial charge in [0.15, 0.2) is 0 Å². The van der Waals surface area contributed by atoms with Gasteiger partial charge in [-0.05, 0) is 36.5 Å². The predicted octanol–water partition coefficient (Wildman–Crippen LogP) is 4.33. The van der Waals surface area contributed by atoms with E-state index in [1.54, 1.807) is 0 Å². The topological polar surface area (TPSA) is 20.2 Å². The summed E-state index contributed by atoms with van der Waals surface area (Å²) in [6, 6.07) is 5.68. The molecule has 0 saturated heterocycles. The van der Waals surface area contributed by atoms with Gasteiger partial charge < -0.3 is 5.11 Å². The monoisotopic (exact) mass is 288 g/mol. The van der Waals surface area contributed by atoms with Gasteiger partial charge in [-0.1, -0.05) is 46.4 Å². The van der Waals surface area contributed by atoms with Crippen LogP contribution in [0.4, 0.5) is 0 Å². The maximum Gasteiger partial charge on any atom is 0.0832 e. The molecule has 0 heterocycles. The molecule has 1 aromatic carbocycles. The Morgan fingerprint density at radius 2 is 2.00 bits per heavy atom. The third kappa shape index (κ3) is 2.55. The lowest BCUT2D eigenvalue weighted by molar-refractivity contribution is 0.112. The molecule has 1 atom stereocenters. The molecule has 0 spiro atoms. The first-order chi connectivity index (χ1) is 7.18. The Morgan fingerprint density at radius 1 is 1.33 bits per heavy atom. The summed E-state index contributed by atoms with van der Waals surface area (Å²) >= 11 is 9.48. The minimum atomic E-state index is -0.395. The van der Waals surface area contributed by atoms with E-state index in [1.165, 1.54) is 12.8 Å². The highest BCUT2D eigenvalue weighted by atomic mass is 79.9. The SMILES string of the molecule is OC(c1ccc(Br)cc1Cl)C1CCCC1.